The summed E-state index contributed by atoms with van der Waals surface area (Å²) in [6.45, 7) is 0. The van der Waals surface area contributed by atoms with E-state index in [1.807, 2.05) is 16.9 Å². The summed E-state index contributed by atoms with van der Waals surface area (Å²) < 4.78 is 15.5. The predicted octanol–water partition coefficient (Wildman–Crippen LogP) is 3.49. The smallest absolute Gasteiger partial charge is 0.143 e. The van der Waals surface area contributed by atoms with Gasteiger partial charge in [0.25, 0.3) is 0 Å². The minimum Gasteiger partial charge on any atom is -0.299 e. The summed E-state index contributed by atoms with van der Waals surface area (Å²) in [5.41, 5.74) is 1.24. The van der Waals surface area contributed by atoms with Gasteiger partial charge in [-0.2, -0.15) is 5.10 Å². The third kappa shape index (κ3) is 3.38. The molecule has 0 amide bonds. The van der Waals surface area contributed by atoms with Gasteiger partial charge in [-0.25, -0.2) is 4.39 Å². The molecule has 0 bridgehead atoms. The fourth-order valence-corrected chi connectivity index (χ4v) is 2.96. The van der Waals surface area contributed by atoms with E-state index in [9.17, 15) is 9.18 Å². The van der Waals surface area contributed by atoms with Crippen molar-refractivity contribution in [2.45, 2.75) is 44.6 Å². The van der Waals surface area contributed by atoms with E-state index in [0.717, 1.165) is 5.69 Å². The molecular weight excluding hydrogens is 267 g/mol. The summed E-state index contributed by atoms with van der Waals surface area (Å²) in [7, 11) is 0. The van der Waals surface area contributed by atoms with Crippen LogP contribution < -0.4 is 0 Å². The molecule has 2 aromatic rings. The number of hydrogen-bond acceptors (Lipinski definition) is 2. The van der Waals surface area contributed by atoms with E-state index in [4.69, 9.17) is 0 Å². The third-order valence-corrected chi connectivity index (χ3v) is 4.09. The molecule has 1 aliphatic carbocycles. The minimum absolute atomic E-state index is 0.00299. The SMILES string of the molecule is O=C(Cc1ccn(C2CCCC2)n1)Cc1ccccc1F. The molecule has 110 valence electrons. The van der Waals surface area contributed by atoms with E-state index in [-0.39, 0.29) is 24.4 Å². The molecular formula is C17H19FN2O. The Balaban J connectivity index is 1.61. The first-order valence-corrected chi connectivity index (χ1v) is 7.51. The Morgan fingerprint density at radius 2 is 1.95 bits per heavy atom. The number of benzene rings is 1. The Hall–Kier alpha value is -1.97. The fourth-order valence-electron chi connectivity index (χ4n) is 2.96. The quantitative estimate of drug-likeness (QED) is 0.843. The maximum absolute atomic E-state index is 13.5. The zero-order chi connectivity index (χ0) is 14.7. The van der Waals surface area contributed by atoms with E-state index < -0.39 is 0 Å². The predicted molar refractivity (Wildman–Crippen MR) is 78.5 cm³/mol. The van der Waals surface area contributed by atoms with Gasteiger partial charge in [0.1, 0.15) is 11.6 Å². The van der Waals surface area contributed by atoms with Crippen molar-refractivity contribution in [1.29, 1.82) is 0 Å². The number of Topliss-reactive ketones (excluding diaryl/α,β-unsaturated/α-hetero) is 1. The second-order valence-corrected chi connectivity index (χ2v) is 5.71. The second-order valence-electron chi connectivity index (χ2n) is 5.71. The summed E-state index contributed by atoms with van der Waals surface area (Å²) >= 11 is 0. The zero-order valence-corrected chi connectivity index (χ0v) is 12.0. The van der Waals surface area contributed by atoms with E-state index in [2.05, 4.69) is 5.10 Å². The van der Waals surface area contributed by atoms with Crippen LogP contribution in [-0.2, 0) is 17.6 Å². The highest BCUT2D eigenvalue weighted by atomic mass is 19.1. The normalized spacial score (nSPS) is 15.5. The molecule has 0 radical (unpaired) electrons. The average molecular weight is 286 g/mol. The summed E-state index contributed by atoms with van der Waals surface area (Å²) in [6, 6.07) is 8.81. The molecule has 1 fully saturated rings. The van der Waals surface area contributed by atoms with Crippen LogP contribution in [0, 0.1) is 5.82 Å². The van der Waals surface area contributed by atoms with E-state index >= 15 is 0 Å². The van der Waals surface area contributed by atoms with Crippen LogP contribution in [0.4, 0.5) is 4.39 Å². The first-order chi connectivity index (χ1) is 10.2. The van der Waals surface area contributed by atoms with Crippen LogP contribution in [0.2, 0.25) is 0 Å². The van der Waals surface area contributed by atoms with E-state index in [0.29, 0.717) is 11.6 Å². The fraction of sp³-hybridized carbons (Fsp3) is 0.412. The molecule has 0 unspecified atom stereocenters. The van der Waals surface area contributed by atoms with Crippen molar-refractivity contribution in [3.05, 3.63) is 53.6 Å². The first kappa shape index (κ1) is 14.0. The van der Waals surface area contributed by atoms with Gasteiger partial charge in [0, 0.05) is 12.6 Å². The van der Waals surface area contributed by atoms with E-state index in [1.54, 1.807) is 18.2 Å². The zero-order valence-electron chi connectivity index (χ0n) is 12.0. The summed E-state index contributed by atoms with van der Waals surface area (Å²) in [5, 5.41) is 4.50. The highest BCUT2D eigenvalue weighted by molar-refractivity contribution is 5.82. The molecule has 1 saturated carbocycles. The van der Waals surface area contributed by atoms with Crippen molar-refractivity contribution in [2.75, 3.05) is 0 Å². The molecule has 21 heavy (non-hydrogen) atoms. The van der Waals surface area contributed by atoms with Crippen molar-refractivity contribution in [3.63, 3.8) is 0 Å². The van der Waals surface area contributed by atoms with Gasteiger partial charge in [0.2, 0.25) is 0 Å². The molecule has 0 aliphatic heterocycles. The van der Waals surface area contributed by atoms with Crippen LogP contribution in [0.5, 0.6) is 0 Å². The summed E-state index contributed by atoms with van der Waals surface area (Å²) in [4.78, 5) is 12.0. The lowest BCUT2D eigenvalue weighted by Crippen LogP contribution is -2.10. The highest BCUT2D eigenvalue weighted by Gasteiger charge is 2.18. The van der Waals surface area contributed by atoms with Crippen molar-refractivity contribution >= 4 is 5.78 Å². The molecule has 3 rings (SSSR count). The Morgan fingerprint density at radius 3 is 2.71 bits per heavy atom. The topological polar surface area (TPSA) is 34.9 Å². The Morgan fingerprint density at radius 1 is 1.19 bits per heavy atom. The van der Waals surface area contributed by atoms with Crippen molar-refractivity contribution in [2.24, 2.45) is 0 Å². The highest BCUT2D eigenvalue weighted by Crippen LogP contribution is 2.28. The standard InChI is InChI=1S/C17H19FN2O/c18-17-8-4-1-5-13(17)11-16(21)12-14-9-10-20(19-14)15-6-2-3-7-15/h1,4-5,8-10,15H,2-3,6-7,11-12H2. The van der Waals surface area contributed by atoms with E-state index in [1.165, 1.54) is 31.7 Å². The number of rotatable bonds is 5. The maximum Gasteiger partial charge on any atom is 0.143 e. The van der Waals surface area contributed by atoms with Gasteiger partial charge in [0.05, 0.1) is 18.2 Å². The van der Waals surface area contributed by atoms with Crippen LogP contribution in [0.1, 0.15) is 43.0 Å². The van der Waals surface area contributed by atoms with Gasteiger partial charge < -0.3 is 0 Å². The van der Waals surface area contributed by atoms with Gasteiger partial charge in [0.15, 0.2) is 0 Å². The Labute approximate surface area is 123 Å². The number of halogens is 1. The molecule has 0 saturated heterocycles. The van der Waals surface area contributed by atoms with Gasteiger partial charge in [-0.3, -0.25) is 9.48 Å². The number of nitrogens with zero attached hydrogens (tertiary/aromatic N) is 2. The van der Waals surface area contributed by atoms with Gasteiger partial charge in [-0.05, 0) is 30.5 Å². The molecule has 0 spiro atoms. The Kier molecular flexibility index (Phi) is 4.13. The summed E-state index contributed by atoms with van der Waals surface area (Å²) in [5.74, 6) is -0.320. The van der Waals surface area contributed by atoms with Crippen LogP contribution in [-0.4, -0.2) is 15.6 Å². The van der Waals surface area contributed by atoms with Gasteiger partial charge >= 0.3 is 0 Å². The van der Waals surface area contributed by atoms with Crippen molar-refractivity contribution in [3.8, 4) is 0 Å². The monoisotopic (exact) mass is 286 g/mol. The molecule has 3 nitrogen and oxygen atoms in total. The van der Waals surface area contributed by atoms with Crippen LogP contribution in [0.25, 0.3) is 0 Å². The van der Waals surface area contributed by atoms with Crippen LogP contribution >= 0.6 is 0 Å². The van der Waals surface area contributed by atoms with Crippen molar-refractivity contribution < 1.29 is 9.18 Å². The van der Waals surface area contributed by atoms with Gasteiger partial charge in [-0.1, -0.05) is 31.0 Å². The third-order valence-electron chi connectivity index (χ3n) is 4.09. The number of hydrogen-bond donors (Lipinski definition) is 0. The Bertz CT molecular complexity index is 629. The average Bonchev–Trinajstić information content (AvgIpc) is 3.12. The maximum atomic E-state index is 13.5. The second kappa shape index (κ2) is 6.20. The molecule has 1 aliphatic rings. The lowest BCUT2D eigenvalue weighted by Gasteiger charge is -2.08. The molecule has 1 aromatic carbocycles. The molecule has 1 heterocycles. The number of carbonyl (C=O) groups excluding carboxylic acids is 1. The van der Waals surface area contributed by atoms with Crippen molar-refractivity contribution in [1.82, 2.24) is 9.78 Å². The molecule has 1 aromatic heterocycles. The molecule has 4 heteroatoms. The lowest BCUT2D eigenvalue weighted by atomic mass is 10.1. The number of carbonyl (C=O) groups is 1. The minimum atomic E-state index is -0.317. The molecule has 0 atom stereocenters. The number of aromatic nitrogens is 2. The molecule has 0 N–H and O–H groups in total. The first-order valence-electron chi connectivity index (χ1n) is 7.51. The van der Waals surface area contributed by atoms with Gasteiger partial charge in [-0.15, -0.1) is 0 Å². The number of ketones is 1. The lowest BCUT2D eigenvalue weighted by molar-refractivity contribution is -0.117. The summed E-state index contributed by atoms with van der Waals surface area (Å²) in [6.07, 6.45) is 7.21. The largest absolute Gasteiger partial charge is 0.299 e. The van der Waals surface area contributed by atoms with Crippen LogP contribution in [0.15, 0.2) is 36.5 Å². The van der Waals surface area contributed by atoms with Crippen LogP contribution in [0.3, 0.4) is 0 Å².